The quantitative estimate of drug-likeness (QED) is 0.327. The molecule has 10 heteroatoms. The minimum atomic E-state index is -4.40. The number of carbonyl (C=O) groups is 2. The summed E-state index contributed by atoms with van der Waals surface area (Å²) >= 11 is -0.240. The number of amides is 3. The molecule has 0 spiro atoms. The maximum Gasteiger partial charge on any atom is 0.446 e. The summed E-state index contributed by atoms with van der Waals surface area (Å²) in [5.74, 6) is -0.418. The van der Waals surface area contributed by atoms with Crippen molar-refractivity contribution in [3.05, 3.63) is 60.3 Å². The van der Waals surface area contributed by atoms with E-state index in [0.29, 0.717) is 0 Å². The van der Waals surface area contributed by atoms with Crippen molar-refractivity contribution < 1.29 is 22.8 Å². The van der Waals surface area contributed by atoms with Crippen LogP contribution < -0.4 is 9.80 Å². The van der Waals surface area contributed by atoms with Crippen LogP contribution in [0.4, 0.5) is 29.3 Å². The zero-order valence-corrected chi connectivity index (χ0v) is 19.6. The molecule has 3 heterocycles. The lowest BCUT2D eigenvalue weighted by Gasteiger charge is -2.29. The monoisotopic (exact) mass is 500 g/mol. The predicted molar refractivity (Wildman–Crippen MR) is 129 cm³/mol. The van der Waals surface area contributed by atoms with Gasteiger partial charge in [0.15, 0.2) is 0 Å². The molecule has 0 saturated carbocycles. The number of imide groups is 1. The number of thioether (sulfide) groups is 1. The molecular formula is C25H23F3N4O2S. The molecule has 35 heavy (non-hydrogen) atoms. The van der Waals surface area contributed by atoms with Crippen LogP contribution in [0.25, 0.3) is 10.9 Å². The Bertz CT molecular complexity index is 1260. The molecule has 182 valence electrons. The average Bonchev–Trinajstić information content (AvgIpc) is 3.11. The van der Waals surface area contributed by atoms with Crippen molar-refractivity contribution >= 4 is 46.0 Å². The van der Waals surface area contributed by atoms with Crippen molar-refractivity contribution in [3.63, 3.8) is 0 Å². The van der Waals surface area contributed by atoms with E-state index in [-0.39, 0.29) is 35.4 Å². The maximum absolute atomic E-state index is 13.1. The van der Waals surface area contributed by atoms with Gasteiger partial charge in [-0.15, -0.1) is 0 Å². The van der Waals surface area contributed by atoms with E-state index in [0.717, 1.165) is 53.0 Å². The Labute approximate surface area is 204 Å². The number of urea groups is 1. The number of hydrogen-bond donors (Lipinski definition) is 0. The highest BCUT2D eigenvalue weighted by Crippen LogP contribution is 2.38. The lowest BCUT2D eigenvalue weighted by atomic mass is 10.0. The summed E-state index contributed by atoms with van der Waals surface area (Å²) in [5.41, 5.74) is -1.32. The molecule has 0 radical (unpaired) electrons. The van der Waals surface area contributed by atoms with E-state index in [1.54, 1.807) is 6.20 Å². The normalized spacial score (nSPS) is 17.1. The number of anilines is 2. The minimum Gasteiger partial charge on any atom is -0.370 e. The van der Waals surface area contributed by atoms with Gasteiger partial charge in [0.25, 0.3) is 5.91 Å². The fourth-order valence-corrected chi connectivity index (χ4v) is 5.22. The minimum absolute atomic E-state index is 0.00929. The number of halogens is 3. The number of pyridine rings is 1. The number of para-hydroxylation sites is 1. The van der Waals surface area contributed by atoms with E-state index in [2.05, 4.69) is 16.0 Å². The molecule has 2 aliphatic rings. The van der Waals surface area contributed by atoms with Gasteiger partial charge in [-0.2, -0.15) is 13.2 Å². The first-order valence-electron chi connectivity index (χ1n) is 11.4. The van der Waals surface area contributed by atoms with Gasteiger partial charge in [0.05, 0.1) is 16.9 Å². The third-order valence-electron chi connectivity index (χ3n) is 6.26. The van der Waals surface area contributed by atoms with E-state index < -0.39 is 17.4 Å². The van der Waals surface area contributed by atoms with Gasteiger partial charge in [-0.25, -0.2) is 9.69 Å². The number of rotatable bonds is 5. The molecule has 3 amide bonds. The van der Waals surface area contributed by atoms with E-state index in [1.807, 2.05) is 18.2 Å². The standard InChI is InChI=1S/C25H23F3N4O2S/c26-25(27,28)35-19-9-7-18(8-10-19)32-22(33)16-31(24(32)34)15-17-11-12-29-23-20(17)5-4-6-21(23)30-13-2-1-3-14-30/h4-12H,1-3,13-16H2. The van der Waals surface area contributed by atoms with Crippen molar-refractivity contribution in [1.82, 2.24) is 9.88 Å². The number of aromatic nitrogens is 1. The molecule has 2 fully saturated rings. The molecule has 0 atom stereocenters. The number of benzene rings is 2. The topological polar surface area (TPSA) is 56.8 Å². The van der Waals surface area contributed by atoms with Crippen molar-refractivity contribution in [2.24, 2.45) is 0 Å². The summed E-state index contributed by atoms with van der Waals surface area (Å²) in [7, 11) is 0. The van der Waals surface area contributed by atoms with E-state index in [4.69, 9.17) is 0 Å². The Balaban J connectivity index is 1.37. The summed E-state index contributed by atoms with van der Waals surface area (Å²) in [6.45, 7) is 2.10. The van der Waals surface area contributed by atoms with E-state index >= 15 is 0 Å². The molecular weight excluding hydrogens is 477 g/mol. The number of hydrogen-bond acceptors (Lipinski definition) is 5. The summed E-state index contributed by atoms with van der Waals surface area (Å²) in [6.07, 6.45) is 5.24. The Kier molecular flexibility index (Phi) is 6.31. The third kappa shape index (κ3) is 4.93. The van der Waals surface area contributed by atoms with Gasteiger partial charge in [-0.05, 0) is 73.0 Å². The van der Waals surface area contributed by atoms with Crippen LogP contribution in [0, 0.1) is 0 Å². The zero-order valence-electron chi connectivity index (χ0n) is 18.8. The first-order chi connectivity index (χ1) is 16.8. The van der Waals surface area contributed by atoms with Crippen LogP contribution in [0.2, 0.25) is 0 Å². The first kappa shape index (κ1) is 23.5. The number of carbonyl (C=O) groups excluding carboxylic acids is 2. The molecule has 2 saturated heterocycles. The highest BCUT2D eigenvalue weighted by Gasteiger charge is 2.37. The largest absolute Gasteiger partial charge is 0.446 e. The van der Waals surface area contributed by atoms with Crippen molar-refractivity contribution in [2.75, 3.05) is 29.4 Å². The summed E-state index contributed by atoms with van der Waals surface area (Å²) < 4.78 is 37.8. The van der Waals surface area contributed by atoms with Crippen molar-refractivity contribution in [1.29, 1.82) is 0 Å². The molecule has 0 unspecified atom stereocenters. The second-order valence-corrected chi connectivity index (χ2v) is 9.74. The highest BCUT2D eigenvalue weighted by molar-refractivity contribution is 8.00. The van der Waals surface area contributed by atoms with Crippen LogP contribution in [-0.4, -0.2) is 47.0 Å². The molecule has 0 N–H and O–H groups in total. The zero-order chi connectivity index (χ0) is 24.6. The van der Waals surface area contributed by atoms with E-state index in [9.17, 15) is 22.8 Å². The van der Waals surface area contributed by atoms with Crippen LogP contribution in [0.3, 0.4) is 0 Å². The SMILES string of the molecule is O=C1CN(Cc2ccnc3c(N4CCCCC4)cccc23)C(=O)N1c1ccc(SC(F)(F)F)cc1. The van der Waals surface area contributed by atoms with Gasteiger partial charge >= 0.3 is 11.5 Å². The molecule has 2 aliphatic heterocycles. The second kappa shape index (κ2) is 9.41. The third-order valence-corrected chi connectivity index (χ3v) is 7.00. The lowest BCUT2D eigenvalue weighted by molar-refractivity contribution is -0.116. The van der Waals surface area contributed by atoms with Gasteiger partial charge < -0.3 is 9.80 Å². The lowest BCUT2D eigenvalue weighted by Crippen LogP contribution is -2.32. The predicted octanol–water partition coefficient (Wildman–Crippen LogP) is 5.81. The number of nitrogens with zero attached hydrogens (tertiary/aromatic N) is 4. The molecule has 2 aromatic carbocycles. The maximum atomic E-state index is 13.1. The molecule has 5 rings (SSSR count). The van der Waals surface area contributed by atoms with Crippen LogP contribution >= 0.6 is 11.8 Å². The number of fused-ring (bicyclic) bond motifs is 1. The smallest absolute Gasteiger partial charge is 0.370 e. The first-order valence-corrected chi connectivity index (χ1v) is 12.2. The summed E-state index contributed by atoms with van der Waals surface area (Å²) in [4.78, 5) is 35.2. The molecule has 6 nitrogen and oxygen atoms in total. The van der Waals surface area contributed by atoms with Gasteiger partial charge in [0.2, 0.25) is 0 Å². The fourth-order valence-electron chi connectivity index (χ4n) is 4.68. The summed E-state index contributed by atoms with van der Waals surface area (Å²) in [5, 5.41) is 0.933. The number of alkyl halides is 3. The fraction of sp³-hybridized carbons (Fsp3) is 0.320. The van der Waals surface area contributed by atoms with Crippen molar-refractivity contribution in [2.45, 2.75) is 36.2 Å². The Morgan fingerprint density at radius 3 is 2.40 bits per heavy atom. The Morgan fingerprint density at radius 2 is 1.69 bits per heavy atom. The molecule has 3 aromatic rings. The highest BCUT2D eigenvalue weighted by atomic mass is 32.2. The van der Waals surface area contributed by atoms with Crippen molar-refractivity contribution in [3.8, 4) is 0 Å². The second-order valence-electron chi connectivity index (χ2n) is 8.60. The van der Waals surface area contributed by atoms with Gasteiger partial charge in [-0.1, -0.05) is 12.1 Å². The molecule has 0 bridgehead atoms. The average molecular weight is 501 g/mol. The van der Waals surface area contributed by atoms with Gasteiger partial charge in [-0.3, -0.25) is 9.78 Å². The van der Waals surface area contributed by atoms with Crippen LogP contribution in [0.1, 0.15) is 24.8 Å². The van der Waals surface area contributed by atoms with E-state index in [1.165, 1.54) is 35.6 Å². The Morgan fingerprint density at radius 1 is 0.943 bits per heavy atom. The Hall–Kier alpha value is -3.27. The van der Waals surface area contributed by atoms with Crippen LogP contribution in [0.5, 0.6) is 0 Å². The van der Waals surface area contributed by atoms with Gasteiger partial charge in [0, 0.05) is 36.1 Å². The van der Waals surface area contributed by atoms with Crippen LogP contribution in [0.15, 0.2) is 59.6 Å². The van der Waals surface area contributed by atoms with Gasteiger partial charge in [0.1, 0.15) is 6.54 Å². The van der Waals surface area contributed by atoms with Crippen LogP contribution in [-0.2, 0) is 11.3 Å². The number of piperidine rings is 1. The molecule has 0 aliphatic carbocycles. The molecule has 1 aromatic heterocycles. The summed E-state index contributed by atoms with van der Waals surface area (Å²) in [6, 6.07) is 12.6.